The first-order valence-electron chi connectivity index (χ1n) is 33.0. The Labute approximate surface area is 591 Å². The molecule has 20 N–H and O–H groups in total. The molecule has 1 fully saturated rings. The van der Waals surface area contributed by atoms with E-state index in [1.165, 1.54) is 67.8 Å². The van der Waals surface area contributed by atoms with Gasteiger partial charge in [-0.1, -0.05) is 74.9 Å². The molecule has 28 nitrogen and oxygen atoms in total. The number of aromatic amines is 4. The van der Waals surface area contributed by atoms with Crippen LogP contribution in [0.5, 0.6) is 0 Å². The van der Waals surface area contributed by atoms with Gasteiger partial charge in [-0.3, -0.25) is 20.4 Å². The zero-order chi connectivity index (χ0) is 73.1. The molecule has 0 saturated heterocycles. The van der Waals surface area contributed by atoms with E-state index in [2.05, 4.69) is 137 Å². The molecular weight excluding hydrogens is 1320 g/mol. The van der Waals surface area contributed by atoms with E-state index >= 15 is 0 Å². The number of aromatic nitrogens is 16. The van der Waals surface area contributed by atoms with Gasteiger partial charge in [0.2, 0.25) is 23.8 Å². The van der Waals surface area contributed by atoms with Gasteiger partial charge in [0.15, 0.2) is 23.3 Å². The van der Waals surface area contributed by atoms with Gasteiger partial charge in [-0.25, -0.2) is 17.6 Å². The van der Waals surface area contributed by atoms with Gasteiger partial charge in [0.05, 0.1) is 5.69 Å². The van der Waals surface area contributed by atoms with Gasteiger partial charge in [-0.2, -0.15) is 60.3 Å². The Kier molecular flexibility index (Phi) is 24.2. The minimum absolute atomic E-state index is 0.0663. The van der Waals surface area contributed by atoms with E-state index in [-0.39, 0.29) is 71.2 Å². The van der Waals surface area contributed by atoms with Gasteiger partial charge < -0.3 is 65.5 Å². The second kappa shape index (κ2) is 34.2. The molecule has 0 amide bonds. The monoisotopic (exact) mass is 1400 g/mol. The van der Waals surface area contributed by atoms with Crippen LogP contribution in [0.15, 0.2) is 152 Å². The summed E-state index contributed by atoms with van der Waals surface area (Å²) in [6.07, 6.45) is 7.51. The number of rotatable bonds is 23. The Bertz CT molecular complexity index is 4710. The fraction of sp³-hybridized carbons (Fsp3) is 0.239. The van der Waals surface area contributed by atoms with Gasteiger partial charge in [0, 0.05) is 95.7 Å². The first-order chi connectivity index (χ1) is 49.5. The van der Waals surface area contributed by atoms with Crippen molar-refractivity contribution in [3.63, 3.8) is 0 Å². The first kappa shape index (κ1) is 72.8. The number of nitrogens with one attached hydrogen (secondary N) is 12. The van der Waals surface area contributed by atoms with Crippen LogP contribution in [0, 0.1) is 30.2 Å². The molecule has 1 aliphatic rings. The smallest absolute Gasteiger partial charge is 0.223 e. The fourth-order valence-corrected chi connectivity index (χ4v) is 10.3. The van der Waals surface area contributed by atoms with Crippen molar-refractivity contribution in [2.24, 2.45) is 0 Å². The van der Waals surface area contributed by atoms with Crippen molar-refractivity contribution in [1.29, 1.82) is 0 Å². The third-order valence-corrected chi connectivity index (χ3v) is 15.9. The van der Waals surface area contributed by atoms with Crippen molar-refractivity contribution in [2.75, 3.05) is 65.5 Å². The molecule has 534 valence electrons. The summed E-state index contributed by atoms with van der Waals surface area (Å²) in [6, 6.07) is 39.6. The molecule has 4 atom stereocenters. The van der Waals surface area contributed by atoms with Crippen molar-refractivity contribution in [3.05, 3.63) is 220 Å². The van der Waals surface area contributed by atoms with Crippen LogP contribution < -0.4 is 65.5 Å². The van der Waals surface area contributed by atoms with Gasteiger partial charge in [0.25, 0.3) is 0 Å². The maximum atomic E-state index is 13.1. The SMILES string of the molecule is C/C=C/c1cc(Nc2cc(NC(C)c3ccc(F)cc3)nc(N)n2)n[nH]1.CC(C)c1cc(Nc2cc(NC(C)c3ccc(F)cc3)nc(N)n2)n[nH]1.CC(Nc1cc(Nc2cc(C3CCC3)[nH]n2)nc(N)n1)c1ccc(F)cc1.Cc1cc(Nc2cc(NC(C)c3ccc(F)cc3)nc(N)n2)n[nH]1. The fourth-order valence-electron chi connectivity index (χ4n) is 10.3. The van der Waals surface area contributed by atoms with Crippen LogP contribution in [0.25, 0.3) is 6.08 Å². The molecular formula is C71H82F4N28. The van der Waals surface area contributed by atoms with Crippen molar-refractivity contribution >= 4 is 99.7 Å². The second-order valence-electron chi connectivity index (χ2n) is 24.5. The number of nitrogens with two attached hydrogens (primary N) is 4. The van der Waals surface area contributed by atoms with Crippen LogP contribution in [0.2, 0.25) is 0 Å². The van der Waals surface area contributed by atoms with E-state index in [0.717, 1.165) is 45.0 Å². The summed E-state index contributed by atoms with van der Waals surface area (Å²) >= 11 is 0. The summed E-state index contributed by atoms with van der Waals surface area (Å²) < 4.78 is 52.2. The number of halogens is 4. The standard InChI is InChI=1S/C19H22FN7.C18H22FN7.C18H20FN7.C16H18FN7/c1-11(12-5-7-14(20)8-6-12)22-16-10-17(25-19(21)24-16)23-18-9-15(26-27-18)13-3-2-4-13;1-10(2)14-8-17(26-25-14)22-16-9-15(23-18(20)24-16)21-11(3)12-4-6-13(19)7-5-12;1-3-4-14-9-17(26-25-14)22-16-10-15(23-18(20)24-16)21-11(2)12-5-7-13(19)8-6-12;1-9-7-15(24-23-9)20-14-8-13(21-16(18)22-14)19-10(2)11-3-5-12(17)6-4-11/h5-11,13H,2-4H2,1H3,(H5,21,22,23,24,25,26,27);4-11H,1-3H3,(H5,20,21,22,23,24,25,26);3-11H,1-2H3,(H5,20,21,22,23,24,25,26);3-8,10H,1-2H3,(H5,18,19,20,21,22,23,24)/b;;4-3+;. The van der Waals surface area contributed by atoms with Crippen molar-refractivity contribution in [1.82, 2.24) is 80.7 Å². The van der Waals surface area contributed by atoms with Crippen LogP contribution in [0.1, 0.15) is 149 Å². The van der Waals surface area contributed by atoms with Crippen LogP contribution in [0.4, 0.5) is 111 Å². The minimum Gasteiger partial charge on any atom is -0.368 e. The summed E-state index contributed by atoms with van der Waals surface area (Å²) in [7, 11) is 0. The predicted molar refractivity (Wildman–Crippen MR) is 397 cm³/mol. The van der Waals surface area contributed by atoms with Crippen molar-refractivity contribution < 1.29 is 17.6 Å². The molecule has 0 radical (unpaired) electrons. The lowest BCUT2D eigenvalue weighted by molar-refractivity contribution is 0.410. The Morgan fingerprint density at radius 3 is 1.00 bits per heavy atom. The largest absolute Gasteiger partial charge is 0.368 e. The lowest BCUT2D eigenvalue weighted by Gasteiger charge is -2.23. The quantitative estimate of drug-likeness (QED) is 0.0264. The van der Waals surface area contributed by atoms with Gasteiger partial charge in [-0.05, 0) is 137 Å². The lowest BCUT2D eigenvalue weighted by atomic mass is 9.83. The molecule has 1 aliphatic carbocycles. The molecule has 12 aromatic rings. The summed E-state index contributed by atoms with van der Waals surface area (Å²) in [5, 5.41) is 54.0. The zero-order valence-electron chi connectivity index (χ0n) is 57.8. The van der Waals surface area contributed by atoms with Gasteiger partial charge in [-0.15, -0.1) is 0 Å². The highest BCUT2D eigenvalue weighted by molar-refractivity contribution is 5.63. The number of anilines is 16. The number of benzene rings is 4. The highest BCUT2D eigenvalue weighted by Crippen LogP contribution is 2.36. The highest BCUT2D eigenvalue weighted by Gasteiger charge is 2.22. The number of nitrogens with zero attached hydrogens (tertiary/aromatic N) is 12. The van der Waals surface area contributed by atoms with E-state index in [0.29, 0.717) is 81.7 Å². The molecule has 0 spiro atoms. The van der Waals surface area contributed by atoms with Gasteiger partial charge >= 0.3 is 0 Å². The number of hydrogen-bond donors (Lipinski definition) is 16. The zero-order valence-corrected chi connectivity index (χ0v) is 57.8. The van der Waals surface area contributed by atoms with Gasteiger partial charge in [0.1, 0.15) is 69.8 Å². The minimum atomic E-state index is -0.269. The van der Waals surface area contributed by atoms with Crippen LogP contribution in [-0.4, -0.2) is 80.7 Å². The topological polar surface area (TPSA) is 418 Å². The molecule has 8 heterocycles. The highest BCUT2D eigenvalue weighted by atomic mass is 19.1. The van der Waals surface area contributed by atoms with E-state index in [1.54, 1.807) is 72.8 Å². The van der Waals surface area contributed by atoms with Crippen LogP contribution in [0.3, 0.4) is 0 Å². The number of nitrogen functional groups attached to an aromatic ring is 4. The predicted octanol–water partition coefficient (Wildman–Crippen LogP) is 15.1. The molecule has 4 aromatic carbocycles. The molecule has 32 heteroatoms. The molecule has 1 saturated carbocycles. The maximum Gasteiger partial charge on any atom is 0.223 e. The van der Waals surface area contributed by atoms with E-state index in [9.17, 15) is 17.6 Å². The molecule has 103 heavy (non-hydrogen) atoms. The van der Waals surface area contributed by atoms with Crippen molar-refractivity contribution in [2.45, 2.75) is 111 Å². The normalized spacial score (nSPS) is 12.9. The summed E-state index contributed by atoms with van der Waals surface area (Å²) in [6.45, 7) is 15.8. The number of H-pyrrole nitrogens is 4. The van der Waals surface area contributed by atoms with Crippen LogP contribution >= 0.6 is 0 Å². The molecule has 0 bridgehead atoms. The lowest BCUT2D eigenvalue weighted by Crippen LogP contribution is -2.10. The molecule has 4 unspecified atom stereocenters. The number of hydrogen-bond acceptors (Lipinski definition) is 24. The van der Waals surface area contributed by atoms with E-state index in [1.807, 2.05) is 78.0 Å². The molecule has 0 aliphatic heterocycles. The molecule has 13 rings (SSSR count). The summed E-state index contributed by atoms with van der Waals surface area (Å²) in [4.78, 5) is 33.5. The Balaban J connectivity index is 0.000000148. The second-order valence-corrected chi connectivity index (χ2v) is 24.5. The molecule has 8 aromatic heterocycles. The third kappa shape index (κ3) is 21.8. The summed E-state index contributed by atoms with van der Waals surface area (Å²) in [5.74, 6) is 7.47. The third-order valence-electron chi connectivity index (χ3n) is 15.9. The Morgan fingerprint density at radius 1 is 0.379 bits per heavy atom. The summed E-state index contributed by atoms with van der Waals surface area (Å²) in [5.41, 5.74) is 31.0. The van der Waals surface area contributed by atoms with Crippen LogP contribution in [-0.2, 0) is 0 Å². The average Bonchev–Trinajstić information content (AvgIpc) is 1.83. The Morgan fingerprint density at radius 2 is 0.689 bits per heavy atom. The number of aryl methyl sites for hydroxylation is 1. The average molecular weight is 1400 g/mol. The Hall–Kier alpha value is -12.9. The first-order valence-corrected chi connectivity index (χ1v) is 33.0. The van der Waals surface area contributed by atoms with E-state index in [4.69, 9.17) is 22.9 Å². The number of allylic oxidation sites excluding steroid dienone is 1. The maximum absolute atomic E-state index is 13.1. The van der Waals surface area contributed by atoms with Crippen molar-refractivity contribution in [3.8, 4) is 0 Å². The van der Waals surface area contributed by atoms with E-state index < -0.39 is 0 Å².